The molecule has 1 heterocycles. The minimum Gasteiger partial charge on any atom is -0.449 e. The molecule has 0 aromatic heterocycles. The van der Waals surface area contributed by atoms with Crippen LogP contribution in [0.25, 0.3) is 0 Å². The van der Waals surface area contributed by atoms with Crippen molar-refractivity contribution in [1.82, 2.24) is 5.32 Å². The average molecular weight is 369 g/mol. The van der Waals surface area contributed by atoms with Crippen LogP contribution >= 0.6 is 0 Å². The third-order valence-electron chi connectivity index (χ3n) is 4.34. The highest BCUT2D eigenvalue weighted by Gasteiger charge is 2.17. The molecule has 1 aliphatic rings. The van der Waals surface area contributed by atoms with E-state index in [0.717, 1.165) is 18.6 Å². The Morgan fingerprint density at radius 3 is 2.63 bits per heavy atom. The third kappa shape index (κ3) is 5.46. The van der Waals surface area contributed by atoms with E-state index < -0.39 is 6.09 Å². The van der Waals surface area contributed by atoms with Crippen molar-refractivity contribution in [3.05, 3.63) is 59.7 Å². The molecule has 2 aromatic rings. The summed E-state index contributed by atoms with van der Waals surface area (Å²) in [5, 5.41) is 5.48. The first-order valence-electron chi connectivity index (χ1n) is 8.85. The number of anilines is 2. The van der Waals surface area contributed by atoms with Crippen LogP contribution < -0.4 is 16.4 Å². The second kappa shape index (κ2) is 9.05. The highest BCUT2D eigenvalue weighted by atomic mass is 16.6. The molecule has 7 nitrogen and oxygen atoms in total. The van der Waals surface area contributed by atoms with Crippen LogP contribution in [0.1, 0.15) is 22.3 Å². The lowest BCUT2D eigenvalue weighted by Gasteiger charge is -2.11. The first-order chi connectivity index (χ1) is 13.1. The van der Waals surface area contributed by atoms with Gasteiger partial charge in [-0.1, -0.05) is 24.3 Å². The summed E-state index contributed by atoms with van der Waals surface area (Å²) in [6.07, 6.45) is 0.467. The van der Waals surface area contributed by atoms with Crippen LogP contribution in [0.3, 0.4) is 0 Å². The fraction of sp³-hybridized carbons (Fsp3) is 0.300. The van der Waals surface area contributed by atoms with E-state index in [4.69, 9.17) is 15.2 Å². The molecule has 1 saturated heterocycles. The summed E-state index contributed by atoms with van der Waals surface area (Å²) in [4.78, 5) is 24.0. The second-order valence-corrected chi connectivity index (χ2v) is 6.42. The molecule has 0 spiro atoms. The highest BCUT2D eigenvalue weighted by Crippen LogP contribution is 2.18. The van der Waals surface area contributed by atoms with Gasteiger partial charge in [0.25, 0.3) is 5.91 Å². The van der Waals surface area contributed by atoms with Crippen LogP contribution in [0.15, 0.2) is 48.5 Å². The normalized spacial score (nSPS) is 15.9. The molecule has 1 aliphatic heterocycles. The zero-order valence-corrected chi connectivity index (χ0v) is 14.9. The predicted octanol–water partition coefficient (Wildman–Crippen LogP) is 2.78. The number of para-hydroxylation sites is 2. The summed E-state index contributed by atoms with van der Waals surface area (Å²) in [6, 6.07) is 14.1. The van der Waals surface area contributed by atoms with Crippen molar-refractivity contribution in [3.63, 3.8) is 0 Å². The zero-order valence-electron chi connectivity index (χ0n) is 14.9. The monoisotopic (exact) mass is 369 g/mol. The highest BCUT2D eigenvalue weighted by molar-refractivity contribution is 6.05. The molecule has 2 amide bonds. The third-order valence-corrected chi connectivity index (χ3v) is 4.34. The van der Waals surface area contributed by atoms with E-state index in [1.54, 1.807) is 48.5 Å². The SMILES string of the molecule is Nc1ccccc1NC(=O)c1ccc(CNC(=O)OCC2CCOC2)cc1. The summed E-state index contributed by atoms with van der Waals surface area (Å²) in [7, 11) is 0. The molecule has 1 atom stereocenters. The van der Waals surface area contributed by atoms with Gasteiger partial charge in [-0.05, 0) is 36.2 Å². The molecule has 142 valence electrons. The van der Waals surface area contributed by atoms with Gasteiger partial charge in [-0.2, -0.15) is 0 Å². The second-order valence-electron chi connectivity index (χ2n) is 6.42. The molecule has 0 bridgehead atoms. The Bertz CT molecular complexity index is 786. The first kappa shape index (κ1) is 18.7. The topological polar surface area (TPSA) is 103 Å². The number of alkyl carbamates (subject to hydrolysis) is 1. The molecule has 7 heteroatoms. The van der Waals surface area contributed by atoms with Gasteiger partial charge in [0.2, 0.25) is 0 Å². The van der Waals surface area contributed by atoms with Crippen LogP contribution in [0.4, 0.5) is 16.2 Å². The van der Waals surface area contributed by atoms with Gasteiger partial charge >= 0.3 is 6.09 Å². The Hall–Kier alpha value is -3.06. The van der Waals surface area contributed by atoms with E-state index in [1.807, 2.05) is 0 Å². The van der Waals surface area contributed by atoms with E-state index in [2.05, 4.69) is 10.6 Å². The van der Waals surface area contributed by atoms with Crippen LogP contribution in [0.2, 0.25) is 0 Å². The predicted molar refractivity (Wildman–Crippen MR) is 102 cm³/mol. The van der Waals surface area contributed by atoms with E-state index in [1.165, 1.54) is 0 Å². The largest absolute Gasteiger partial charge is 0.449 e. The number of ether oxygens (including phenoxy) is 2. The maximum atomic E-state index is 12.3. The molecule has 4 N–H and O–H groups in total. The number of carbonyl (C=O) groups is 2. The molecular formula is C20H23N3O4. The zero-order chi connectivity index (χ0) is 19.1. The van der Waals surface area contributed by atoms with Crippen LogP contribution in [0, 0.1) is 5.92 Å². The lowest BCUT2D eigenvalue weighted by molar-refractivity contribution is 0.102. The standard InChI is InChI=1S/C20H23N3O4/c21-17-3-1-2-4-18(17)23-19(24)16-7-5-14(6-8-16)11-22-20(25)27-13-15-9-10-26-12-15/h1-8,15H,9-13,21H2,(H,22,25)(H,23,24). The summed E-state index contributed by atoms with van der Waals surface area (Å²) >= 11 is 0. The molecule has 0 radical (unpaired) electrons. The lowest BCUT2D eigenvalue weighted by Crippen LogP contribution is -2.26. The molecule has 0 aliphatic carbocycles. The van der Waals surface area contributed by atoms with Gasteiger partial charge in [-0.15, -0.1) is 0 Å². The average Bonchev–Trinajstić information content (AvgIpc) is 3.20. The van der Waals surface area contributed by atoms with Gasteiger partial charge in [-0.25, -0.2) is 4.79 Å². The minimum absolute atomic E-state index is 0.245. The van der Waals surface area contributed by atoms with Crippen molar-refractivity contribution in [3.8, 4) is 0 Å². The number of benzene rings is 2. The van der Waals surface area contributed by atoms with Crippen molar-refractivity contribution < 1.29 is 19.1 Å². The van der Waals surface area contributed by atoms with Crippen molar-refractivity contribution >= 4 is 23.4 Å². The number of hydrogen-bond donors (Lipinski definition) is 3. The maximum Gasteiger partial charge on any atom is 0.407 e. The number of nitrogens with one attached hydrogen (secondary N) is 2. The summed E-state index contributed by atoms with van der Waals surface area (Å²) in [6.45, 7) is 2.07. The van der Waals surface area contributed by atoms with Gasteiger partial charge < -0.3 is 25.8 Å². The molecule has 0 saturated carbocycles. The summed E-state index contributed by atoms with van der Waals surface area (Å²) < 4.78 is 10.4. The Morgan fingerprint density at radius 1 is 1.15 bits per heavy atom. The maximum absolute atomic E-state index is 12.3. The van der Waals surface area contributed by atoms with E-state index in [-0.39, 0.29) is 11.8 Å². The summed E-state index contributed by atoms with van der Waals surface area (Å²) in [5.74, 6) is 0.0396. The Morgan fingerprint density at radius 2 is 1.93 bits per heavy atom. The van der Waals surface area contributed by atoms with Crippen molar-refractivity contribution in [2.24, 2.45) is 5.92 Å². The van der Waals surface area contributed by atoms with Crippen LogP contribution in [-0.2, 0) is 16.0 Å². The fourth-order valence-corrected chi connectivity index (χ4v) is 2.71. The Labute approximate surface area is 157 Å². The van der Waals surface area contributed by atoms with Crippen LogP contribution in [0.5, 0.6) is 0 Å². The van der Waals surface area contributed by atoms with E-state index >= 15 is 0 Å². The van der Waals surface area contributed by atoms with Crippen molar-refractivity contribution in [2.75, 3.05) is 30.9 Å². The van der Waals surface area contributed by atoms with Gasteiger partial charge in [0.05, 0.1) is 24.6 Å². The van der Waals surface area contributed by atoms with Gasteiger partial charge in [0, 0.05) is 24.6 Å². The molecule has 3 rings (SSSR count). The molecule has 1 unspecified atom stereocenters. The summed E-state index contributed by atoms with van der Waals surface area (Å²) in [5.41, 5.74) is 8.28. The molecule has 1 fully saturated rings. The number of carbonyl (C=O) groups excluding carboxylic acids is 2. The molecule has 2 aromatic carbocycles. The number of nitrogen functional groups attached to an aromatic ring is 1. The minimum atomic E-state index is -0.455. The Kier molecular flexibility index (Phi) is 6.27. The van der Waals surface area contributed by atoms with Crippen LogP contribution in [-0.4, -0.2) is 31.8 Å². The number of rotatable bonds is 6. The van der Waals surface area contributed by atoms with Gasteiger partial charge in [-0.3, -0.25) is 4.79 Å². The quantitative estimate of drug-likeness (QED) is 0.680. The number of nitrogens with two attached hydrogens (primary N) is 1. The van der Waals surface area contributed by atoms with E-state index in [0.29, 0.717) is 36.7 Å². The van der Waals surface area contributed by atoms with Crippen molar-refractivity contribution in [2.45, 2.75) is 13.0 Å². The Balaban J connectivity index is 1.46. The van der Waals surface area contributed by atoms with Gasteiger partial charge in [0.1, 0.15) is 0 Å². The lowest BCUT2D eigenvalue weighted by atomic mass is 10.1. The first-order valence-corrected chi connectivity index (χ1v) is 8.85. The van der Waals surface area contributed by atoms with Crippen molar-refractivity contribution in [1.29, 1.82) is 0 Å². The molecule has 27 heavy (non-hydrogen) atoms. The smallest absolute Gasteiger partial charge is 0.407 e. The fourth-order valence-electron chi connectivity index (χ4n) is 2.71. The van der Waals surface area contributed by atoms with Gasteiger partial charge in [0.15, 0.2) is 0 Å². The number of amides is 2. The van der Waals surface area contributed by atoms with E-state index in [9.17, 15) is 9.59 Å². The number of hydrogen-bond acceptors (Lipinski definition) is 5. The molecular weight excluding hydrogens is 346 g/mol.